The summed E-state index contributed by atoms with van der Waals surface area (Å²) in [4.78, 5) is 0. The van der Waals surface area contributed by atoms with Crippen LogP contribution in [0.4, 0.5) is 0 Å². The van der Waals surface area contributed by atoms with Crippen molar-refractivity contribution in [2.45, 2.75) is 18.9 Å². The van der Waals surface area contributed by atoms with E-state index in [1.54, 1.807) is 0 Å². The molecule has 1 unspecified atom stereocenters. The van der Waals surface area contributed by atoms with Gasteiger partial charge in [-0.05, 0) is 44.2 Å². The molecule has 4 heteroatoms. The Labute approximate surface area is 111 Å². The first kappa shape index (κ1) is 12.9. The summed E-state index contributed by atoms with van der Waals surface area (Å²) in [5.41, 5.74) is 0.239. The molecule has 94 valence electrons. The van der Waals surface area contributed by atoms with E-state index in [1.807, 2.05) is 24.3 Å². The van der Waals surface area contributed by atoms with Gasteiger partial charge in [0.05, 0.1) is 0 Å². The van der Waals surface area contributed by atoms with E-state index >= 15 is 0 Å². The molecular formula is C13H19BrN2O. The maximum absolute atomic E-state index is 5.66. The zero-order chi connectivity index (χ0) is 12.1. The summed E-state index contributed by atoms with van der Waals surface area (Å²) >= 11 is 3.40. The molecule has 0 aliphatic carbocycles. The number of hydrogen-bond acceptors (Lipinski definition) is 3. The van der Waals surface area contributed by atoms with Crippen molar-refractivity contribution in [1.29, 1.82) is 0 Å². The Morgan fingerprint density at radius 3 is 2.82 bits per heavy atom. The maximum Gasteiger partial charge on any atom is 0.119 e. The molecule has 3 nitrogen and oxygen atoms in total. The predicted octanol–water partition coefficient (Wildman–Crippen LogP) is 2.17. The molecule has 1 aromatic rings. The van der Waals surface area contributed by atoms with Crippen molar-refractivity contribution in [2.75, 3.05) is 26.2 Å². The summed E-state index contributed by atoms with van der Waals surface area (Å²) < 4.78 is 6.74. The second-order valence-electron chi connectivity index (χ2n) is 4.72. The fourth-order valence-electron chi connectivity index (χ4n) is 2.02. The van der Waals surface area contributed by atoms with Gasteiger partial charge in [0.25, 0.3) is 0 Å². The van der Waals surface area contributed by atoms with Crippen molar-refractivity contribution in [3.8, 4) is 5.75 Å². The molecule has 17 heavy (non-hydrogen) atoms. The first-order valence-electron chi connectivity index (χ1n) is 6.02. The lowest BCUT2D eigenvalue weighted by Crippen LogP contribution is -2.45. The Balaban J connectivity index is 1.67. The Morgan fingerprint density at radius 2 is 2.18 bits per heavy atom. The van der Waals surface area contributed by atoms with Crippen molar-refractivity contribution >= 4 is 15.9 Å². The van der Waals surface area contributed by atoms with E-state index in [1.165, 1.54) is 6.42 Å². The molecule has 0 bridgehead atoms. The quantitative estimate of drug-likeness (QED) is 0.818. The lowest BCUT2D eigenvalue weighted by Gasteiger charge is -2.24. The molecular weight excluding hydrogens is 280 g/mol. The third kappa shape index (κ3) is 3.98. The molecule has 0 amide bonds. The Morgan fingerprint density at radius 1 is 1.41 bits per heavy atom. The van der Waals surface area contributed by atoms with Crippen molar-refractivity contribution in [3.63, 3.8) is 0 Å². The fourth-order valence-corrected chi connectivity index (χ4v) is 2.28. The molecule has 0 radical (unpaired) electrons. The van der Waals surface area contributed by atoms with Gasteiger partial charge in [0.1, 0.15) is 12.4 Å². The summed E-state index contributed by atoms with van der Waals surface area (Å²) in [6, 6.07) is 7.93. The smallest absolute Gasteiger partial charge is 0.119 e. The Bertz CT molecular complexity index is 347. The van der Waals surface area contributed by atoms with Crippen molar-refractivity contribution in [1.82, 2.24) is 10.6 Å². The van der Waals surface area contributed by atoms with Gasteiger partial charge in [-0.2, -0.15) is 0 Å². The van der Waals surface area contributed by atoms with Gasteiger partial charge < -0.3 is 15.4 Å². The fraction of sp³-hybridized carbons (Fsp3) is 0.538. The van der Waals surface area contributed by atoms with E-state index in [0.717, 1.165) is 29.9 Å². The van der Waals surface area contributed by atoms with Gasteiger partial charge in [-0.1, -0.05) is 15.9 Å². The molecule has 1 fully saturated rings. The lowest BCUT2D eigenvalue weighted by molar-refractivity contribution is 0.283. The lowest BCUT2D eigenvalue weighted by atomic mass is 10.0. The molecule has 1 atom stereocenters. The highest BCUT2D eigenvalue weighted by Gasteiger charge is 2.27. The molecule has 1 aliphatic rings. The van der Waals surface area contributed by atoms with Gasteiger partial charge in [-0.15, -0.1) is 0 Å². The Hall–Kier alpha value is -0.580. The highest BCUT2D eigenvalue weighted by atomic mass is 79.9. The second-order valence-corrected chi connectivity index (χ2v) is 5.63. The van der Waals surface area contributed by atoms with Crippen LogP contribution in [0.15, 0.2) is 28.7 Å². The van der Waals surface area contributed by atoms with Crippen LogP contribution in [-0.2, 0) is 0 Å². The van der Waals surface area contributed by atoms with Crippen molar-refractivity contribution < 1.29 is 4.74 Å². The minimum Gasteiger partial charge on any atom is -0.492 e. The maximum atomic E-state index is 5.66. The number of hydrogen-bond donors (Lipinski definition) is 2. The third-order valence-corrected chi connectivity index (χ3v) is 3.63. The standard InChI is InChI=1S/C13H19BrN2O/c1-13(6-7-15-10-13)16-8-9-17-12-4-2-11(14)3-5-12/h2-5,15-16H,6-10H2,1H3. The van der Waals surface area contributed by atoms with E-state index in [-0.39, 0.29) is 5.54 Å². The first-order valence-corrected chi connectivity index (χ1v) is 6.81. The molecule has 2 rings (SSSR count). The summed E-state index contributed by atoms with van der Waals surface area (Å²) in [5.74, 6) is 0.921. The van der Waals surface area contributed by atoms with Gasteiger partial charge >= 0.3 is 0 Å². The van der Waals surface area contributed by atoms with E-state index in [2.05, 4.69) is 33.5 Å². The van der Waals surface area contributed by atoms with Crippen LogP contribution < -0.4 is 15.4 Å². The molecule has 0 saturated carbocycles. The minimum atomic E-state index is 0.239. The van der Waals surface area contributed by atoms with E-state index in [9.17, 15) is 0 Å². The average molecular weight is 299 g/mol. The van der Waals surface area contributed by atoms with Crippen molar-refractivity contribution in [3.05, 3.63) is 28.7 Å². The van der Waals surface area contributed by atoms with Crippen LogP contribution in [0.3, 0.4) is 0 Å². The highest BCUT2D eigenvalue weighted by Crippen LogP contribution is 2.16. The number of halogens is 1. The molecule has 2 N–H and O–H groups in total. The third-order valence-electron chi connectivity index (χ3n) is 3.10. The highest BCUT2D eigenvalue weighted by molar-refractivity contribution is 9.10. The van der Waals surface area contributed by atoms with Crippen LogP contribution in [0.2, 0.25) is 0 Å². The summed E-state index contributed by atoms with van der Waals surface area (Å²) in [6.07, 6.45) is 1.19. The van der Waals surface area contributed by atoms with Crippen LogP contribution in [-0.4, -0.2) is 31.8 Å². The zero-order valence-electron chi connectivity index (χ0n) is 10.1. The van der Waals surface area contributed by atoms with Crippen LogP contribution >= 0.6 is 15.9 Å². The number of rotatable bonds is 5. The molecule has 1 saturated heterocycles. The van der Waals surface area contributed by atoms with Crippen LogP contribution in [0.5, 0.6) is 5.75 Å². The number of ether oxygens (including phenoxy) is 1. The van der Waals surface area contributed by atoms with Gasteiger partial charge in [0.15, 0.2) is 0 Å². The molecule has 1 aromatic carbocycles. The van der Waals surface area contributed by atoms with Crippen LogP contribution in [0, 0.1) is 0 Å². The average Bonchev–Trinajstić information content (AvgIpc) is 2.74. The van der Waals surface area contributed by atoms with Gasteiger partial charge in [-0.25, -0.2) is 0 Å². The van der Waals surface area contributed by atoms with Gasteiger partial charge in [0.2, 0.25) is 0 Å². The molecule has 1 aliphatic heterocycles. The van der Waals surface area contributed by atoms with Gasteiger partial charge in [0, 0.05) is 23.1 Å². The zero-order valence-corrected chi connectivity index (χ0v) is 11.7. The number of benzene rings is 1. The molecule has 0 aromatic heterocycles. The van der Waals surface area contributed by atoms with Gasteiger partial charge in [-0.3, -0.25) is 0 Å². The SMILES string of the molecule is CC1(NCCOc2ccc(Br)cc2)CCNC1. The van der Waals surface area contributed by atoms with E-state index < -0.39 is 0 Å². The van der Waals surface area contributed by atoms with Crippen molar-refractivity contribution in [2.24, 2.45) is 0 Å². The summed E-state index contributed by atoms with van der Waals surface area (Å²) in [7, 11) is 0. The largest absolute Gasteiger partial charge is 0.492 e. The minimum absolute atomic E-state index is 0.239. The number of nitrogens with one attached hydrogen (secondary N) is 2. The van der Waals surface area contributed by atoms with Crippen LogP contribution in [0.1, 0.15) is 13.3 Å². The monoisotopic (exact) mass is 298 g/mol. The second kappa shape index (κ2) is 5.85. The van der Waals surface area contributed by atoms with Crippen LogP contribution in [0.25, 0.3) is 0 Å². The summed E-state index contributed by atoms with van der Waals surface area (Å²) in [5, 5.41) is 6.91. The topological polar surface area (TPSA) is 33.3 Å². The van der Waals surface area contributed by atoms with E-state index in [0.29, 0.717) is 6.61 Å². The molecule has 1 heterocycles. The molecule has 0 spiro atoms. The van der Waals surface area contributed by atoms with E-state index in [4.69, 9.17) is 4.74 Å². The normalized spacial score (nSPS) is 23.9. The predicted molar refractivity (Wildman–Crippen MR) is 73.5 cm³/mol. The first-order chi connectivity index (χ1) is 8.18. The Kier molecular flexibility index (Phi) is 4.42. The summed E-state index contributed by atoms with van der Waals surface area (Å²) in [6.45, 7) is 6.00.